The Morgan fingerprint density at radius 1 is 1.07 bits per heavy atom. The third-order valence-electron chi connectivity index (χ3n) is 5.34. The second kappa shape index (κ2) is 8.42. The van der Waals surface area contributed by atoms with Crippen LogP contribution in [0.4, 0.5) is 4.39 Å². The SMILES string of the molecule is COc1cccc(CCC(=O)NC2(c3ccc(F)cc3)CCCC2)c1OC. The lowest BCUT2D eigenvalue weighted by Crippen LogP contribution is -2.43. The van der Waals surface area contributed by atoms with Crippen LogP contribution in [0.3, 0.4) is 0 Å². The van der Waals surface area contributed by atoms with Crippen molar-refractivity contribution in [3.8, 4) is 11.5 Å². The predicted molar refractivity (Wildman–Crippen MR) is 103 cm³/mol. The van der Waals surface area contributed by atoms with Crippen LogP contribution >= 0.6 is 0 Å². The van der Waals surface area contributed by atoms with E-state index in [9.17, 15) is 9.18 Å². The van der Waals surface area contributed by atoms with Crippen LogP contribution in [-0.4, -0.2) is 20.1 Å². The summed E-state index contributed by atoms with van der Waals surface area (Å²) >= 11 is 0. The molecule has 4 nitrogen and oxygen atoms in total. The first-order valence-corrected chi connectivity index (χ1v) is 9.35. The topological polar surface area (TPSA) is 47.6 Å². The normalized spacial score (nSPS) is 15.4. The molecule has 144 valence electrons. The van der Waals surface area contributed by atoms with Crippen LogP contribution in [0.1, 0.15) is 43.2 Å². The number of rotatable bonds is 7. The van der Waals surface area contributed by atoms with Gasteiger partial charge in [0.15, 0.2) is 11.5 Å². The van der Waals surface area contributed by atoms with Crippen LogP contribution < -0.4 is 14.8 Å². The molecule has 0 unspecified atom stereocenters. The summed E-state index contributed by atoms with van der Waals surface area (Å²) in [5.74, 6) is 1.06. The highest BCUT2D eigenvalue weighted by Crippen LogP contribution is 2.39. The Balaban J connectivity index is 1.70. The van der Waals surface area contributed by atoms with E-state index in [2.05, 4.69) is 5.32 Å². The van der Waals surface area contributed by atoms with Gasteiger partial charge in [-0.2, -0.15) is 0 Å². The fraction of sp³-hybridized carbons (Fsp3) is 0.409. The third kappa shape index (κ3) is 4.24. The highest BCUT2D eigenvalue weighted by molar-refractivity contribution is 5.77. The van der Waals surface area contributed by atoms with E-state index >= 15 is 0 Å². The highest BCUT2D eigenvalue weighted by atomic mass is 19.1. The zero-order chi connectivity index (χ0) is 19.3. The molecule has 0 saturated heterocycles. The Kier molecular flexibility index (Phi) is 5.99. The quantitative estimate of drug-likeness (QED) is 0.787. The number of ether oxygens (including phenoxy) is 2. The van der Waals surface area contributed by atoms with Crippen LogP contribution in [0.15, 0.2) is 42.5 Å². The van der Waals surface area contributed by atoms with Gasteiger partial charge < -0.3 is 14.8 Å². The minimum absolute atomic E-state index is 0.00824. The molecule has 1 aliphatic rings. The zero-order valence-corrected chi connectivity index (χ0v) is 15.9. The van der Waals surface area contributed by atoms with Crippen molar-refractivity contribution >= 4 is 5.91 Å². The molecule has 0 bridgehead atoms. The van der Waals surface area contributed by atoms with E-state index in [0.717, 1.165) is 36.8 Å². The first-order valence-electron chi connectivity index (χ1n) is 9.35. The molecular weight excluding hydrogens is 345 g/mol. The first kappa shape index (κ1) is 19.2. The number of aryl methyl sites for hydroxylation is 1. The highest BCUT2D eigenvalue weighted by Gasteiger charge is 2.36. The van der Waals surface area contributed by atoms with Crippen LogP contribution in [0, 0.1) is 5.82 Å². The van der Waals surface area contributed by atoms with Crippen molar-refractivity contribution in [2.75, 3.05) is 14.2 Å². The molecule has 1 fully saturated rings. The molecule has 1 aliphatic carbocycles. The van der Waals surface area contributed by atoms with Crippen molar-refractivity contribution in [2.24, 2.45) is 0 Å². The fourth-order valence-corrected chi connectivity index (χ4v) is 3.96. The molecule has 1 saturated carbocycles. The third-order valence-corrected chi connectivity index (χ3v) is 5.34. The predicted octanol–water partition coefficient (Wildman–Crippen LogP) is 4.36. The summed E-state index contributed by atoms with van der Waals surface area (Å²) in [6, 6.07) is 12.2. The van der Waals surface area contributed by atoms with E-state index in [1.807, 2.05) is 18.2 Å². The molecular formula is C22H26FNO3. The second-order valence-corrected chi connectivity index (χ2v) is 7.00. The average Bonchev–Trinajstić information content (AvgIpc) is 3.15. The molecule has 27 heavy (non-hydrogen) atoms. The van der Waals surface area contributed by atoms with Gasteiger partial charge in [-0.15, -0.1) is 0 Å². The van der Waals surface area contributed by atoms with Crippen molar-refractivity contribution < 1.29 is 18.7 Å². The summed E-state index contributed by atoms with van der Waals surface area (Å²) in [7, 11) is 3.20. The molecule has 0 spiro atoms. The summed E-state index contributed by atoms with van der Waals surface area (Å²) in [6.45, 7) is 0. The molecule has 2 aromatic carbocycles. The number of hydrogen-bond donors (Lipinski definition) is 1. The molecule has 0 heterocycles. The number of nitrogens with one attached hydrogen (secondary N) is 1. The van der Waals surface area contributed by atoms with Gasteiger partial charge in [0.05, 0.1) is 19.8 Å². The van der Waals surface area contributed by atoms with Crippen LogP contribution in [0.5, 0.6) is 11.5 Å². The van der Waals surface area contributed by atoms with E-state index in [4.69, 9.17) is 9.47 Å². The van der Waals surface area contributed by atoms with Crippen LogP contribution in [0.2, 0.25) is 0 Å². The first-order chi connectivity index (χ1) is 13.1. The summed E-state index contributed by atoms with van der Waals surface area (Å²) in [5.41, 5.74) is 1.53. The number of benzene rings is 2. The summed E-state index contributed by atoms with van der Waals surface area (Å²) < 4.78 is 24.1. The molecule has 0 radical (unpaired) electrons. The number of halogens is 1. The summed E-state index contributed by atoms with van der Waals surface area (Å²) in [5, 5.41) is 3.23. The van der Waals surface area contributed by atoms with Crippen molar-refractivity contribution in [3.63, 3.8) is 0 Å². The minimum Gasteiger partial charge on any atom is -0.493 e. The number of methoxy groups -OCH3 is 2. The Morgan fingerprint density at radius 2 is 1.78 bits per heavy atom. The van der Waals surface area contributed by atoms with Crippen LogP contribution in [-0.2, 0) is 16.8 Å². The van der Waals surface area contributed by atoms with Gasteiger partial charge in [-0.1, -0.05) is 37.1 Å². The molecule has 1 amide bonds. The van der Waals surface area contributed by atoms with Crippen molar-refractivity contribution in [1.82, 2.24) is 5.32 Å². The van der Waals surface area contributed by atoms with E-state index in [1.54, 1.807) is 26.4 Å². The van der Waals surface area contributed by atoms with Gasteiger partial charge >= 0.3 is 0 Å². The van der Waals surface area contributed by atoms with Gasteiger partial charge in [0.1, 0.15) is 5.82 Å². The van der Waals surface area contributed by atoms with Crippen molar-refractivity contribution in [1.29, 1.82) is 0 Å². The van der Waals surface area contributed by atoms with Crippen molar-refractivity contribution in [2.45, 2.75) is 44.1 Å². The Labute approximate surface area is 159 Å². The standard InChI is InChI=1S/C22H26FNO3/c1-26-19-7-5-6-16(21(19)27-2)8-13-20(25)24-22(14-3-4-15-22)17-9-11-18(23)12-10-17/h5-7,9-12H,3-4,8,13-15H2,1-2H3,(H,24,25). The Morgan fingerprint density at radius 3 is 2.41 bits per heavy atom. The molecule has 1 N–H and O–H groups in total. The number of carbonyl (C=O) groups is 1. The van der Waals surface area contributed by atoms with Crippen molar-refractivity contribution in [3.05, 3.63) is 59.4 Å². The molecule has 3 rings (SSSR count). The lowest BCUT2D eigenvalue weighted by Gasteiger charge is -2.31. The van der Waals surface area contributed by atoms with Crippen LogP contribution in [0.25, 0.3) is 0 Å². The number of hydrogen-bond acceptors (Lipinski definition) is 3. The average molecular weight is 371 g/mol. The van der Waals surface area contributed by atoms with Gasteiger partial charge in [-0.3, -0.25) is 4.79 Å². The zero-order valence-electron chi connectivity index (χ0n) is 15.9. The Bertz CT molecular complexity index is 783. The van der Waals surface area contributed by atoms with E-state index in [-0.39, 0.29) is 17.3 Å². The number of amides is 1. The lowest BCUT2D eigenvalue weighted by molar-refractivity contribution is -0.123. The molecule has 0 aromatic heterocycles. The van der Waals surface area contributed by atoms with Gasteiger partial charge in [-0.25, -0.2) is 4.39 Å². The minimum atomic E-state index is -0.386. The van der Waals surface area contributed by atoms with Gasteiger partial charge in [-0.05, 0) is 48.6 Å². The fourth-order valence-electron chi connectivity index (χ4n) is 3.96. The smallest absolute Gasteiger partial charge is 0.221 e. The maximum Gasteiger partial charge on any atom is 0.221 e. The van der Waals surface area contributed by atoms with Gasteiger partial charge in [0.2, 0.25) is 5.91 Å². The molecule has 5 heteroatoms. The Hall–Kier alpha value is -2.56. The maximum absolute atomic E-state index is 13.3. The van der Waals surface area contributed by atoms with E-state index in [0.29, 0.717) is 24.3 Å². The largest absolute Gasteiger partial charge is 0.493 e. The number of carbonyl (C=O) groups excluding carboxylic acids is 1. The second-order valence-electron chi connectivity index (χ2n) is 7.00. The monoisotopic (exact) mass is 371 g/mol. The summed E-state index contributed by atoms with van der Waals surface area (Å²) in [6.07, 6.45) is 4.79. The molecule has 0 aliphatic heterocycles. The lowest BCUT2D eigenvalue weighted by atomic mass is 9.87. The summed E-state index contributed by atoms with van der Waals surface area (Å²) in [4.78, 5) is 12.7. The van der Waals surface area contributed by atoms with E-state index in [1.165, 1.54) is 12.1 Å². The van der Waals surface area contributed by atoms with Gasteiger partial charge in [0, 0.05) is 6.42 Å². The van der Waals surface area contributed by atoms with E-state index < -0.39 is 0 Å². The van der Waals surface area contributed by atoms with Gasteiger partial charge in [0.25, 0.3) is 0 Å². The molecule has 2 aromatic rings. The molecule has 0 atom stereocenters. The maximum atomic E-state index is 13.3. The number of para-hydroxylation sites is 1.